The predicted molar refractivity (Wildman–Crippen MR) is 66.9 cm³/mol. The van der Waals surface area contributed by atoms with Gasteiger partial charge >= 0.3 is 0 Å². The molecule has 0 aromatic carbocycles. The molecule has 1 rings (SSSR count). The maximum atomic E-state index is 11.8. The number of unbranched alkanes of at least 4 members (excludes halogenated alkanes) is 1. The molecule has 0 saturated heterocycles. The number of carbonyl (C=O) groups is 1. The van der Waals surface area contributed by atoms with Gasteiger partial charge in [-0.2, -0.15) is 0 Å². The van der Waals surface area contributed by atoms with Crippen LogP contribution in [-0.2, 0) is 0 Å². The molecule has 4 N–H and O–H groups in total. The second kappa shape index (κ2) is 6.85. The van der Waals surface area contributed by atoms with Gasteiger partial charge in [0, 0.05) is 31.0 Å². The zero-order chi connectivity index (χ0) is 12.7. The number of aromatic amines is 1. The second-order valence-corrected chi connectivity index (χ2v) is 3.97. The van der Waals surface area contributed by atoms with E-state index in [1.807, 2.05) is 0 Å². The number of hydrogen-bond donors (Lipinski definition) is 3. The van der Waals surface area contributed by atoms with E-state index >= 15 is 0 Å². The Bertz CT molecular complexity index is 414. The van der Waals surface area contributed by atoms with Crippen LogP contribution in [0.2, 0.25) is 0 Å². The van der Waals surface area contributed by atoms with E-state index in [2.05, 4.69) is 17.2 Å². The van der Waals surface area contributed by atoms with Crippen molar-refractivity contribution in [3.8, 4) is 0 Å². The van der Waals surface area contributed by atoms with Gasteiger partial charge in [0.25, 0.3) is 5.91 Å². The summed E-state index contributed by atoms with van der Waals surface area (Å²) >= 11 is 0. The third-order valence-corrected chi connectivity index (χ3v) is 2.59. The second-order valence-electron chi connectivity index (χ2n) is 3.97. The molecule has 1 unspecified atom stereocenters. The van der Waals surface area contributed by atoms with E-state index in [9.17, 15) is 9.59 Å². The lowest BCUT2D eigenvalue weighted by Crippen LogP contribution is -2.41. The number of nitrogens with one attached hydrogen (secondary N) is 2. The summed E-state index contributed by atoms with van der Waals surface area (Å²) < 4.78 is 0. The largest absolute Gasteiger partial charge is 0.367 e. The molecule has 0 spiro atoms. The molecule has 0 radical (unpaired) electrons. The molecule has 1 aromatic heterocycles. The van der Waals surface area contributed by atoms with Gasteiger partial charge in [0.2, 0.25) is 0 Å². The highest BCUT2D eigenvalue weighted by atomic mass is 16.2. The average Bonchev–Trinajstić information content (AvgIpc) is 2.34. The normalized spacial score (nSPS) is 12.1. The Morgan fingerprint density at radius 1 is 1.59 bits per heavy atom. The molecule has 1 atom stereocenters. The van der Waals surface area contributed by atoms with Crippen LogP contribution in [0.1, 0.15) is 36.5 Å². The minimum Gasteiger partial charge on any atom is -0.367 e. The van der Waals surface area contributed by atoms with Crippen LogP contribution in [-0.4, -0.2) is 23.5 Å². The van der Waals surface area contributed by atoms with E-state index in [1.54, 1.807) is 0 Å². The summed E-state index contributed by atoms with van der Waals surface area (Å²) in [6, 6.07) is 1.26. The predicted octanol–water partition coefficient (Wildman–Crippen LogP) is 0.622. The molecule has 0 saturated carbocycles. The summed E-state index contributed by atoms with van der Waals surface area (Å²) in [7, 11) is 0. The van der Waals surface area contributed by atoms with Crippen LogP contribution in [0.4, 0.5) is 0 Å². The smallest absolute Gasteiger partial charge is 0.257 e. The highest BCUT2D eigenvalue weighted by molar-refractivity contribution is 5.93. The first kappa shape index (κ1) is 13.4. The fourth-order valence-corrected chi connectivity index (χ4v) is 1.56. The van der Waals surface area contributed by atoms with Crippen molar-refractivity contribution in [2.75, 3.05) is 6.54 Å². The molecular formula is C12H19N3O2. The minimum absolute atomic E-state index is 0.0675. The molecule has 17 heavy (non-hydrogen) atoms. The maximum Gasteiger partial charge on any atom is 0.257 e. The highest BCUT2D eigenvalue weighted by Crippen LogP contribution is 2.00. The van der Waals surface area contributed by atoms with Crippen LogP contribution in [0, 0.1) is 0 Å². The zero-order valence-corrected chi connectivity index (χ0v) is 10.0. The number of amides is 1. The Labute approximate surface area is 100 Å². The Morgan fingerprint density at radius 3 is 2.94 bits per heavy atom. The average molecular weight is 237 g/mol. The minimum atomic E-state index is -0.363. The Balaban J connectivity index is 2.65. The molecule has 94 valence electrons. The molecule has 1 amide bonds. The number of carbonyl (C=O) groups excluding carboxylic acids is 1. The quantitative estimate of drug-likeness (QED) is 0.677. The van der Waals surface area contributed by atoms with Crippen molar-refractivity contribution in [3.05, 3.63) is 34.2 Å². The van der Waals surface area contributed by atoms with Crippen LogP contribution in [0.25, 0.3) is 0 Å². The SMILES string of the molecule is CCCCC(CN)NC(=O)c1c[nH]ccc1=O. The van der Waals surface area contributed by atoms with Crippen LogP contribution < -0.4 is 16.5 Å². The number of hydrogen-bond acceptors (Lipinski definition) is 3. The van der Waals surface area contributed by atoms with Crippen molar-refractivity contribution in [1.82, 2.24) is 10.3 Å². The van der Waals surface area contributed by atoms with Crippen LogP contribution in [0.15, 0.2) is 23.3 Å². The Morgan fingerprint density at radius 2 is 2.35 bits per heavy atom. The summed E-state index contributed by atoms with van der Waals surface area (Å²) in [5.74, 6) is -0.363. The first-order chi connectivity index (χ1) is 8.19. The number of rotatable bonds is 6. The fraction of sp³-hybridized carbons (Fsp3) is 0.500. The first-order valence-electron chi connectivity index (χ1n) is 5.87. The molecule has 0 fully saturated rings. The fourth-order valence-electron chi connectivity index (χ4n) is 1.56. The van der Waals surface area contributed by atoms with Gasteiger partial charge < -0.3 is 16.0 Å². The van der Waals surface area contributed by atoms with Crippen molar-refractivity contribution >= 4 is 5.91 Å². The first-order valence-corrected chi connectivity index (χ1v) is 5.87. The van der Waals surface area contributed by atoms with E-state index in [0.717, 1.165) is 19.3 Å². The van der Waals surface area contributed by atoms with E-state index in [4.69, 9.17) is 5.73 Å². The molecule has 1 aromatic rings. The molecule has 0 bridgehead atoms. The van der Waals surface area contributed by atoms with Crippen molar-refractivity contribution in [1.29, 1.82) is 0 Å². The van der Waals surface area contributed by atoms with E-state index < -0.39 is 0 Å². The Hall–Kier alpha value is -1.62. The van der Waals surface area contributed by atoms with E-state index in [1.165, 1.54) is 18.5 Å². The zero-order valence-electron chi connectivity index (χ0n) is 10.0. The number of aromatic nitrogens is 1. The molecular weight excluding hydrogens is 218 g/mol. The van der Waals surface area contributed by atoms with Gasteiger partial charge in [-0.1, -0.05) is 19.8 Å². The van der Waals surface area contributed by atoms with Crippen molar-refractivity contribution in [2.45, 2.75) is 32.2 Å². The van der Waals surface area contributed by atoms with Crippen LogP contribution in [0.3, 0.4) is 0 Å². The van der Waals surface area contributed by atoms with Crippen molar-refractivity contribution in [3.63, 3.8) is 0 Å². The summed E-state index contributed by atoms with van der Waals surface area (Å²) in [4.78, 5) is 26.0. The molecule has 0 aliphatic heterocycles. The van der Waals surface area contributed by atoms with Crippen molar-refractivity contribution < 1.29 is 4.79 Å². The third-order valence-electron chi connectivity index (χ3n) is 2.59. The number of nitrogens with two attached hydrogens (primary N) is 1. The number of H-pyrrole nitrogens is 1. The number of pyridine rings is 1. The molecule has 0 aliphatic carbocycles. The van der Waals surface area contributed by atoms with Gasteiger partial charge in [-0.25, -0.2) is 0 Å². The summed E-state index contributed by atoms with van der Waals surface area (Å²) in [6.07, 6.45) is 5.80. The monoisotopic (exact) mass is 237 g/mol. The molecule has 0 aliphatic rings. The van der Waals surface area contributed by atoms with Gasteiger partial charge in [-0.15, -0.1) is 0 Å². The van der Waals surface area contributed by atoms with Gasteiger partial charge in [-0.3, -0.25) is 9.59 Å². The summed E-state index contributed by atoms with van der Waals surface area (Å²) in [5.41, 5.74) is 5.42. The van der Waals surface area contributed by atoms with E-state index in [0.29, 0.717) is 6.54 Å². The lowest BCUT2D eigenvalue weighted by Gasteiger charge is -2.15. The standard InChI is InChI=1S/C12H19N3O2/c1-2-3-4-9(7-13)15-12(17)10-8-14-6-5-11(10)16/h5-6,8-9H,2-4,7,13H2,1H3,(H,14,16)(H,15,17). The van der Waals surface area contributed by atoms with Gasteiger partial charge in [0.05, 0.1) is 0 Å². The van der Waals surface area contributed by atoms with Gasteiger partial charge in [0.1, 0.15) is 5.56 Å². The van der Waals surface area contributed by atoms with Crippen LogP contribution >= 0.6 is 0 Å². The maximum absolute atomic E-state index is 11.8. The lowest BCUT2D eigenvalue weighted by atomic mass is 10.1. The van der Waals surface area contributed by atoms with Gasteiger partial charge in [-0.05, 0) is 6.42 Å². The molecule has 1 heterocycles. The van der Waals surface area contributed by atoms with Crippen molar-refractivity contribution in [2.24, 2.45) is 5.73 Å². The molecule has 5 nitrogen and oxygen atoms in total. The van der Waals surface area contributed by atoms with Crippen LogP contribution in [0.5, 0.6) is 0 Å². The summed E-state index contributed by atoms with van der Waals surface area (Å²) in [5, 5.41) is 2.77. The topological polar surface area (TPSA) is 88.0 Å². The highest BCUT2D eigenvalue weighted by Gasteiger charge is 2.14. The summed E-state index contributed by atoms with van der Waals surface area (Å²) in [6.45, 7) is 2.47. The molecule has 5 heteroatoms. The van der Waals surface area contributed by atoms with E-state index in [-0.39, 0.29) is 22.9 Å². The Kier molecular flexibility index (Phi) is 5.42. The lowest BCUT2D eigenvalue weighted by molar-refractivity contribution is 0.0934. The third kappa shape index (κ3) is 4.03. The van der Waals surface area contributed by atoms with Gasteiger partial charge in [0.15, 0.2) is 5.43 Å².